The molecule has 0 saturated heterocycles. The van der Waals surface area contributed by atoms with Gasteiger partial charge in [-0.1, -0.05) is 51.8 Å². The van der Waals surface area contributed by atoms with Gasteiger partial charge < -0.3 is 4.74 Å². The Labute approximate surface area is 167 Å². The van der Waals surface area contributed by atoms with Gasteiger partial charge >= 0.3 is 0 Å². The Bertz CT molecular complexity index is 935. The molecule has 0 aliphatic heterocycles. The molecule has 3 rings (SSSR count). The van der Waals surface area contributed by atoms with Gasteiger partial charge in [-0.25, -0.2) is 0 Å². The van der Waals surface area contributed by atoms with E-state index in [9.17, 15) is 0 Å². The van der Waals surface area contributed by atoms with Gasteiger partial charge in [0.2, 0.25) is 0 Å². The predicted molar refractivity (Wildman–Crippen MR) is 113 cm³/mol. The number of hydrogen-bond donors (Lipinski definition) is 0. The molecule has 0 aliphatic rings. The molecular weight excluding hydrogens is 410 g/mol. The van der Waals surface area contributed by atoms with Crippen LogP contribution in [0.3, 0.4) is 0 Å². The fourth-order valence-corrected chi connectivity index (χ4v) is 2.97. The van der Waals surface area contributed by atoms with Crippen LogP contribution in [0.15, 0.2) is 70.1 Å². The summed E-state index contributed by atoms with van der Waals surface area (Å²) in [4.78, 5) is 4.58. The van der Waals surface area contributed by atoms with Gasteiger partial charge in [0, 0.05) is 10.7 Å². The molecule has 2 nitrogen and oxygen atoms in total. The van der Waals surface area contributed by atoms with Crippen molar-refractivity contribution in [3.05, 3.63) is 92.4 Å². The fourth-order valence-electron chi connectivity index (χ4n) is 2.46. The first-order valence-electron chi connectivity index (χ1n) is 8.29. The van der Waals surface area contributed by atoms with Crippen LogP contribution in [0.1, 0.15) is 22.3 Å². The quantitative estimate of drug-likeness (QED) is 0.399. The summed E-state index contributed by atoms with van der Waals surface area (Å²) >= 11 is 9.79. The summed E-state index contributed by atoms with van der Waals surface area (Å²) < 4.78 is 6.87. The summed E-state index contributed by atoms with van der Waals surface area (Å²) in [6.07, 6.45) is 1.83. The molecule has 0 fully saturated rings. The number of aryl methyl sites for hydroxylation is 2. The van der Waals surface area contributed by atoms with Crippen molar-refractivity contribution in [2.24, 2.45) is 4.99 Å². The number of hydrogen-bond acceptors (Lipinski definition) is 2. The van der Waals surface area contributed by atoms with Crippen LogP contribution in [0.5, 0.6) is 5.75 Å². The highest BCUT2D eigenvalue weighted by Crippen LogP contribution is 2.27. The third-order valence-electron chi connectivity index (χ3n) is 3.98. The highest BCUT2D eigenvalue weighted by molar-refractivity contribution is 9.10. The van der Waals surface area contributed by atoms with Crippen molar-refractivity contribution in [2.75, 3.05) is 0 Å². The zero-order chi connectivity index (χ0) is 18.5. The van der Waals surface area contributed by atoms with E-state index in [0.717, 1.165) is 26.9 Å². The molecule has 0 radical (unpaired) electrons. The highest BCUT2D eigenvalue weighted by Gasteiger charge is 2.04. The van der Waals surface area contributed by atoms with E-state index in [1.807, 2.05) is 48.7 Å². The maximum absolute atomic E-state index is 6.36. The molecule has 0 amide bonds. The Kier molecular flexibility index (Phi) is 6.12. The molecule has 0 aliphatic carbocycles. The molecule has 0 atom stereocenters. The molecule has 0 bridgehead atoms. The average Bonchev–Trinajstić information content (AvgIpc) is 2.63. The van der Waals surface area contributed by atoms with Crippen molar-refractivity contribution < 1.29 is 4.74 Å². The molecule has 4 heteroatoms. The van der Waals surface area contributed by atoms with E-state index in [0.29, 0.717) is 17.4 Å². The monoisotopic (exact) mass is 427 g/mol. The van der Waals surface area contributed by atoms with E-state index in [2.05, 4.69) is 53.0 Å². The van der Waals surface area contributed by atoms with Gasteiger partial charge in [0.05, 0.1) is 10.7 Å². The van der Waals surface area contributed by atoms with Crippen LogP contribution in [-0.4, -0.2) is 6.21 Å². The van der Waals surface area contributed by atoms with Crippen molar-refractivity contribution in [1.29, 1.82) is 0 Å². The molecular formula is C22H19BrClNO. The molecule has 26 heavy (non-hydrogen) atoms. The van der Waals surface area contributed by atoms with Gasteiger partial charge in [0.15, 0.2) is 0 Å². The van der Waals surface area contributed by atoms with E-state index in [1.165, 1.54) is 5.56 Å². The summed E-state index contributed by atoms with van der Waals surface area (Å²) in [5.74, 6) is 0.665. The van der Waals surface area contributed by atoms with E-state index < -0.39 is 0 Å². The summed E-state index contributed by atoms with van der Waals surface area (Å²) in [5.41, 5.74) is 5.33. The van der Waals surface area contributed by atoms with E-state index in [4.69, 9.17) is 16.3 Å². The normalized spacial score (nSPS) is 11.1. The Morgan fingerprint density at radius 1 is 1.00 bits per heavy atom. The molecule has 0 saturated carbocycles. The van der Waals surface area contributed by atoms with Crippen molar-refractivity contribution in [3.8, 4) is 5.75 Å². The first-order chi connectivity index (χ1) is 12.5. The van der Waals surface area contributed by atoms with Crippen LogP contribution < -0.4 is 4.74 Å². The minimum absolute atomic E-state index is 0.475. The standard InChI is InChI=1S/C22H19BrClNO/c1-15-3-4-16(2)21(11-15)25-13-18-7-10-22(20(24)12-18)26-14-17-5-8-19(23)9-6-17/h3-13H,14H2,1-2H3. The lowest BCUT2D eigenvalue weighted by molar-refractivity contribution is 0.306. The molecule has 0 heterocycles. The van der Waals surface area contributed by atoms with Gasteiger partial charge in [-0.15, -0.1) is 0 Å². The van der Waals surface area contributed by atoms with Gasteiger partial charge in [-0.3, -0.25) is 4.99 Å². The molecule has 0 N–H and O–H groups in total. The van der Waals surface area contributed by atoms with Gasteiger partial charge in [-0.2, -0.15) is 0 Å². The molecule has 3 aromatic carbocycles. The van der Waals surface area contributed by atoms with E-state index >= 15 is 0 Å². The Morgan fingerprint density at radius 2 is 1.77 bits per heavy atom. The molecule has 132 valence electrons. The van der Waals surface area contributed by atoms with Crippen LogP contribution in [0.25, 0.3) is 0 Å². The van der Waals surface area contributed by atoms with Crippen molar-refractivity contribution in [2.45, 2.75) is 20.5 Å². The third kappa shape index (κ3) is 4.96. The maximum atomic E-state index is 6.36. The lowest BCUT2D eigenvalue weighted by Crippen LogP contribution is -1.96. The Balaban J connectivity index is 1.69. The van der Waals surface area contributed by atoms with Crippen LogP contribution in [0, 0.1) is 13.8 Å². The molecule has 0 spiro atoms. The zero-order valence-electron chi connectivity index (χ0n) is 14.7. The average molecular weight is 429 g/mol. The van der Waals surface area contributed by atoms with Crippen LogP contribution in [0.2, 0.25) is 5.02 Å². The van der Waals surface area contributed by atoms with Crippen molar-refractivity contribution in [1.82, 2.24) is 0 Å². The SMILES string of the molecule is Cc1ccc(C)c(N=Cc2ccc(OCc3ccc(Br)cc3)c(Cl)c2)c1. The number of halogens is 2. The minimum Gasteiger partial charge on any atom is -0.487 e. The van der Waals surface area contributed by atoms with Gasteiger partial charge in [0.1, 0.15) is 12.4 Å². The second kappa shape index (κ2) is 8.52. The number of rotatable bonds is 5. The Morgan fingerprint density at radius 3 is 2.50 bits per heavy atom. The summed E-state index contributed by atoms with van der Waals surface area (Å²) in [7, 11) is 0. The van der Waals surface area contributed by atoms with Gasteiger partial charge in [0.25, 0.3) is 0 Å². The van der Waals surface area contributed by atoms with Crippen LogP contribution >= 0.6 is 27.5 Å². The number of ether oxygens (including phenoxy) is 1. The summed E-state index contributed by atoms with van der Waals surface area (Å²) in [6.45, 7) is 4.59. The number of nitrogens with zero attached hydrogens (tertiary/aromatic N) is 1. The predicted octanol–water partition coefficient (Wildman–Crippen LogP) is 7.05. The summed E-state index contributed by atoms with van der Waals surface area (Å²) in [6, 6.07) is 20.0. The topological polar surface area (TPSA) is 21.6 Å². The lowest BCUT2D eigenvalue weighted by atomic mass is 10.1. The third-order valence-corrected chi connectivity index (χ3v) is 4.80. The highest BCUT2D eigenvalue weighted by atomic mass is 79.9. The molecule has 0 unspecified atom stereocenters. The largest absolute Gasteiger partial charge is 0.487 e. The second-order valence-electron chi connectivity index (χ2n) is 6.15. The van der Waals surface area contributed by atoms with Crippen molar-refractivity contribution >= 4 is 39.4 Å². The minimum atomic E-state index is 0.475. The first kappa shape index (κ1) is 18.7. The zero-order valence-corrected chi connectivity index (χ0v) is 17.0. The number of benzene rings is 3. The van der Waals surface area contributed by atoms with E-state index in [-0.39, 0.29) is 0 Å². The second-order valence-corrected chi connectivity index (χ2v) is 7.48. The van der Waals surface area contributed by atoms with E-state index in [1.54, 1.807) is 0 Å². The van der Waals surface area contributed by atoms with Crippen LogP contribution in [0.4, 0.5) is 5.69 Å². The maximum Gasteiger partial charge on any atom is 0.138 e. The Hall–Kier alpha value is -2.10. The number of aliphatic imine (C=N–C) groups is 1. The van der Waals surface area contributed by atoms with Gasteiger partial charge in [-0.05, 0) is 72.5 Å². The van der Waals surface area contributed by atoms with Crippen molar-refractivity contribution in [3.63, 3.8) is 0 Å². The summed E-state index contributed by atoms with van der Waals surface area (Å²) in [5, 5.41) is 0.576. The lowest BCUT2D eigenvalue weighted by Gasteiger charge is -2.09. The van der Waals surface area contributed by atoms with Crippen LogP contribution in [-0.2, 0) is 6.61 Å². The first-order valence-corrected chi connectivity index (χ1v) is 9.46. The smallest absolute Gasteiger partial charge is 0.138 e. The molecule has 3 aromatic rings. The molecule has 0 aromatic heterocycles. The fraction of sp³-hybridized carbons (Fsp3) is 0.136.